The van der Waals surface area contributed by atoms with E-state index in [1.54, 1.807) is 0 Å². The minimum Gasteiger partial charge on any atom is -0.341 e. The maximum Gasteiger partial charge on any atom is 0.161 e. The van der Waals surface area contributed by atoms with E-state index in [0.29, 0.717) is 29.4 Å². The third-order valence-corrected chi connectivity index (χ3v) is 2.71. The number of H-pyrrole nitrogens is 1. The van der Waals surface area contributed by atoms with Gasteiger partial charge in [-0.15, -0.1) is 0 Å². The normalized spacial score (nSPS) is 15.9. The summed E-state index contributed by atoms with van der Waals surface area (Å²) in [6.45, 7) is 0.614. The molecule has 84 valence electrons. The number of hydrogen-bond donors (Lipinski definition) is 2. The molecular weight excluding hydrogens is 212 g/mol. The first kappa shape index (κ1) is 9.72. The standard InChI is InChI=1S/C11H11F2N3/c12-7-3-9-10(4-8(7)13)16-11(15-9)5-14-6-1-2-6/h3-4,6,14H,1-2,5H2,(H,15,16). The molecule has 0 spiro atoms. The molecule has 3 nitrogen and oxygen atoms in total. The lowest BCUT2D eigenvalue weighted by Crippen LogP contribution is -2.16. The van der Waals surface area contributed by atoms with Gasteiger partial charge < -0.3 is 10.3 Å². The van der Waals surface area contributed by atoms with Gasteiger partial charge in [-0.2, -0.15) is 0 Å². The van der Waals surface area contributed by atoms with Gasteiger partial charge in [-0.05, 0) is 12.8 Å². The largest absolute Gasteiger partial charge is 0.341 e. The lowest BCUT2D eigenvalue weighted by atomic mass is 10.3. The maximum atomic E-state index is 12.9. The summed E-state index contributed by atoms with van der Waals surface area (Å²) < 4.78 is 25.9. The van der Waals surface area contributed by atoms with Crippen molar-refractivity contribution in [3.63, 3.8) is 0 Å². The molecule has 0 radical (unpaired) electrons. The number of nitrogens with one attached hydrogen (secondary N) is 2. The van der Waals surface area contributed by atoms with E-state index in [-0.39, 0.29) is 0 Å². The number of imidazole rings is 1. The minimum absolute atomic E-state index is 0.464. The van der Waals surface area contributed by atoms with Gasteiger partial charge in [0.1, 0.15) is 5.82 Å². The van der Waals surface area contributed by atoms with Crippen LogP contribution in [0.4, 0.5) is 8.78 Å². The third-order valence-electron chi connectivity index (χ3n) is 2.71. The molecule has 2 aromatic rings. The average Bonchev–Trinajstić information content (AvgIpc) is 2.99. The second-order valence-electron chi connectivity index (χ2n) is 4.12. The summed E-state index contributed by atoms with van der Waals surface area (Å²) in [4.78, 5) is 7.16. The maximum absolute atomic E-state index is 12.9. The quantitative estimate of drug-likeness (QED) is 0.836. The number of aromatic nitrogens is 2. The Balaban J connectivity index is 1.89. The number of aromatic amines is 1. The Morgan fingerprint density at radius 3 is 2.81 bits per heavy atom. The fourth-order valence-corrected chi connectivity index (χ4v) is 1.67. The Hall–Kier alpha value is -1.49. The van der Waals surface area contributed by atoms with E-state index in [9.17, 15) is 8.78 Å². The van der Waals surface area contributed by atoms with Crippen LogP contribution in [0.5, 0.6) is 0 Å². The summed E-state index contributed by atoms with van der Waals surface area (Å²) >= 11 is 0. The molecule has 1 fully saturated rings. The molecule has 1 aliphatic rings. The van der Waals surface area contributed by atoms with E-state index in [0.717, 1.165) is 12.1 Å². The summed E-state index contributed by atoms with van der Waals surface area (Å²) in [6, 6.07) is 2.83. The van der Waals surface area contributed by atoms with Gasteiger partial charge >= 0.3 is 0 Å². The van der Waals surface area contributed by atoms with E-state index in [4.69, 9.17) is 0 Å². The van der Waals surface area contributed by atoms with Crippen LogP contribution >= 0.6 is 0 Å². The van der Waals surface area contributed by atoms with E-state index in [1.807, 2.05) is 0 Å². The molecule has 0 aliphatic heterocycles. The zero-order valence-corrected chi connectivity index (χ0v) is 8.56. The number of rotatable bonds is 3. The summed E-state index contributed by atoms with van der Waals surface area (Å²) in [7, 11) is 0. The van der Waals surface area contributed by atoms with Crippen LogP contribution in [0.15, 0.2) is 12.1 Å². The number of halogens is 2. The molecular formula is C11H11F2N3. The van der Waals surface area contributed by atoms with E-state index in [1.165, 1.54) is 12.8 Å². The van der Waals surface area contributed by atoms with Crippen molar-refractivity contribution in [3.05, 3.63) is 29.6 Å². The molecule has 0 amide bonds. The van der Waals surface area contributed by atoms with Crippen LogP contribution in [-0.4, -0.2) is 16.0 Å². The van der Waals surface area contributed by atoms with Crippen molar-refractivity contribution in [2.75, 3.05) is 0 Å². The van der Waals surface area contributed by atoms with E-state index < -0.39 is 11.6 Å². The van der Waals surface area contributed by atoms with E-state index >= 15 is 0 Å². The number of benzene rings is 1. The molecule has 1 heterocycles. The monoisotopic (exact) mass is 223 g/mol. The molecule has 0 saturated heterocycles. The molecule has 1 saturated carbocycles. The zero-order valence-electron chi connectivity index (χ0n) is 8.56. The van der Waals surface area contributed by atoms with Crippen molar-refractivity contribution in [1.82, 2.24) is 15.3 Å². The third kappa shape index (κ3) is 1.78. The van der Waals surface area contributed by atoms with Crippen LogP contribution in [0.2, 0.25) is 0 Å². The number of fused-ring (bicyclic) bond motifs is 1. The topological polar surface area (TPSA) is 40.7 Å². The highest BCUT2D eigenvalue weighted by Crippen LogP contribution is 2.20. The minimum atomic E-state index is -0.860. The van der Waals surface area contributed by atoms with Crippen molar-refractivity contribution in [1.29, 1.82) is 0 Å². The van der Waals surface area contributed by atoms with Crippen LogP contribution < -0.4 is 5.32 Å². The molecule has 3 rings (SSSR count). The summed E-state index contributed by atoms with van der Waals surface area (Å²) in [6.07, 6.45) is 2.40. The van der Waals surface area contributed by atoms with Gasteiger partial charge in [0.05, 0.1) is 17.6 Å². The van der Waals surface area contributed by atoms with Crippen LogP contribution in [-0.2, 0) is 6.54 Å². The Morgan fingerprint density at radius 1 is 1.31 bits per heavy atom. The van der Waals surface area contributed by atoms with Gasteiger partial charge in [-0.1, -0.05) is 0 Å². The van der Waals surface area contributed by atoms with E-state index in [2.05, 4.69) is 15.3 Å². The molecule has 1 aromatic heterocycles. The highest BCUT2D eigenvalue weighted by atomic mass is 19.2. The molecule has 0 bridgehead atoms. The predicted octanol–water partition coefficient (Wildman–Crippen LogP) is 2.09. The number of nitrogens with zero attached hydrogens (tertiary/aromatic N) is 1. The second-order valence-corrected chi connectivity index (χ2v) is 4.12. The lowest BCUT2D eigenvalue weighted by molar-refractivity contribution is 0.510. The summed E-state index contributed by atoms with van der Waals surface area (Å²) in [5.41, 5.74) is 0.998. The number of hydrogen-bond acceptors (Lipinski definition) is 2. The van der Waals surface area contributed by atoms with Gasteiger partial charge in [0.25, 0.3) is 0 Å². The summed E-state index contributed by atoms with van der Waals surface area (Å²) in [5, 5.41) is 3.28. The van der Waals surface area contributed by atoms with Gasteiger partial charge in [0.2, 0.25) is 0 Å². The van der Waals surface area contributed by atoms with Gasteiger partial charge in [-0.3, -0.25) is 0 Å². The van der Waals surface area contributed by atoms with Crippen molar-refractivity contribution >= 4 is 11.0 Å². The molecule has 16 heavy (non-hydrogen) atoms. The highest BCUT2D eigenvalue weighted by molar-refractivity contribution is 5.75. The Bertz CT molecular complexity index is 492. The smallest absolute Gasteiger partial charge is 0.161 e. The van der Waals surface area contributed by atoms with Crippen molar-refractivity contribution in [2.45, 2.75) is 25.4 Å². The fraction of sp³-hybridized carbons (Fsp3) is 0.364. The first-order valence-electron chi connectivity index (χ1n) is 5.29. The van der Waals surface area contributed by atoms with Gasteiger partial charge in [0.15, 0.2) is 11.6 Å². The first-order valence-corrected chi connectivity index (χ1v) is 5.29. The second kappa shape index (κ2) is 3.52. The predicted molar refractivity (Wildman–Crippen MR) is 55.9 cm³/mol. The Morgan fingerprint density at radius 2 is 2.06 bits per heavy atom. The zero-order chi connectivity index (χ0) is 11.1. The molecule has 1 aliphatic carbocycles. The van der Waals surface area contributed by atoms with Gasteiger partial charge in [0, 0.05) is 18.2 Å². The first-order chi connectivity index (χ1) is 7.72. The SMILES string of the molecule is Fc1cc2nc(CNC3CC3)[nH]c2cc1F. The van der Waals surface area contributed by atoms with Crippen molar-refractivity contribution in [2.24, 2.45) is 0 Å². The Labute approximate surface area is 90.9 Å². The molecule has 2 N–H and O–H groups in total. The summed E-state index contributed by atoms with van der Waals surface area (Å²) in [5.74, 6) is -0.995. The van der Waals surface area contributed by atoms with Crippen LogP contribution in [0.1, 0.15) is 18.7 Å². The Kier molecular flexibility index (Phi) is 2.14. The molecule has 0 unspecified atom stereocenters. The highest BCUT2D eigenvalue weighted by Gasteiger charge is 2.20. The van der Waals surface area contributed by atoms with Crippen molar-refractivity contribution < 1.29 is 8.78 Å². The lowest BCUT2D eigenvalue weighted by Gasteiger charge is -1.96. The van der Waals surface area contributed by atoms with Crippen LogP contribution in [0.3, 0.4) is 0 Å². The molecule has 5 heteroatoms. The van der Waals surface area contributed by atoms with Crippen LogP contribution in [0, 0.1) is 11.6 Å². The van der Waals surface area contributed by atoms with Gasteiger partial charge in [-0.25, -0.2) is 13.8 Å². The molecule has 1 aromatic carbocycles. The van der Waals surface area contributed by atoms with Crippen LogP contribution in [0.25, 0.3) is 11.0 Å². The fourth-order valence-electron chi connectivity index (χ4n) is 1.67. The molecule has 0 atom stereocenters. The average molecular weight is 223 g/mol. The van der Waals surface area contributed by atoms with Crippen molar-refractivity contribution in [3.8, 4) is 0 Å².